The topological polar surface area (TPSA) is 68.3 Å². The third-order valence-electron chi connectivity index (χ3n) is 4.49. The van der Waals surface area contributed by atoms with Crippen LogP contribution in [0.1, 0.15) is 50.7 Å². The molecule has 2 aromatic rings. The first-order valence-corrected chi connectivity index (χ1v) is 11.9. The van der Waals surface area contributed by atoms with E-state index < -0.39 is 25.4 Å². The lowest BCUT2D eigenvalue weighted by atomic mass is 10.0. The molecule has 0 amide bonds. The average Bonchev–Trinajstić information content (AvgIpc) is 2.61. The van der Waals surface area contributed by atoms with Crippen molar-refractivity contribution in [1.82, 2.24) is 0 Å². The van der Waals surface area contributed by atoms with E-state index in [0.29, 0.717) is 0 Å². The molecule has 0 fully saturated rings. The Morgan fingerprint density at radius 3 is 1.48 bits per heavy atom. The van der Waals surface area contributed by atoms with Crippen LogP contribution in [0.2, 0.25) is 0 Å². The van der Waals surface area contributed by atoms with Crippen LogP contribution < -0.4 is 0 Å². The zero-order valence-electron chi connectivity index (χ0n) is 16.1. The molecular formula is C21H26O4S2. The average molecular weight is 407 g/mol. The molecule has 27 heavy (non-hydrogen) atoms. The Morgan fingerprint density at radius 2 is 1.11 bits per heavy atom. The van der Waals surface area contributed by atoms with Gasteiger partial charge in [-0.1, -0.05) is 58.5 Å². The highest BCUT2D eigenvalue weighted by Crippen LogP contribution is 2.25. The third-order valence-corrected chi connectivity index (χ3v) is 8.19. The summed E-state index contributed by atoms with van der Waals surface area (Å²) in [6.45, 7) is 11.6. The van der Waals surface area contributed by atoms with Crippen molar-refractivity contribution in [3.8, 4) is 0 Å². The van der Waals surface area contributed by atoms with Gasteiger partial charge in [0.25, 0.3) is 0 Å². The number of sulfone groups is 2. The molecule has 0 unspecified atom stereocenters. The third kappa shape index (κ3) is 4.87. The highest BCUT2D eigenvalue weighted by Gasteiger charge is 2.25. The van der Waals surface area contributed by atoms with Crippen LogP contribution in [0.25, 0.3) is 0 Å². The van der Waals surface area contributed by atoms with Gasteiger partial charge in [0.05, 0.1) is 20.4 Å². The van der Waals surface area contributed by atoms with Crippen LogP contribution in [0.4, 0.5) is 0 Å². The van der Waals surface area contributed by atoms with Gasteiger partial charge in [-0.3, -0.25) is 0 Å². The normalized spacial score (nSPS) is 12.5. The van der Waals surface area contributed by atoms with Crippen LogP contribution >= 0.6 is 0 Å². The summed E-state index contributed by atoms with van der Waals surface area (Å²) in [5.74, 6) is -0.0764. The summed E-state index contributed by atoms with van der Waals surface area (Å²) in [5.41, 5.74) is 2.03. The highest BCUT2D eigenvalue weighted by molar-refractivity contribution is 7.98. The molecule has 2 rings (SSSR count). The smallest absolute Gasteiger partial charge is 0.203 e. The SMILES string of the molecule is C=C(CS(=O)(=O)c1ccc(C(C)C)cc1)S(=O)(=O)c1ccc(C(C)C)cc1. The fraction of sp³-hybridized carbons (Fsp3) is 0.333. The van der Waals surface area contributed by atoms with Gasteiger partial charge in [0, 0.05) is 0 Å². The monoisotopic (exact) mass is 406 g/mol. The maximum absolute atomic E-state index is 12.7. The van der Waals surface area contributed by atoms with Crippen LogP contribution in [0.3, 0.4) is 0 Å². The second-order valence-electron chi connectivity index (χ2n) is 7.25. The van der Waals surface area contributed by atoms with Crippen LogP contribution in [0, 0.1) is 0 Å². The van der Waals surface area contributed by atoms with Crippen LogP contribution in [-0.4, -0.2) is 22.6 Å². The van der Waals surface area contributed by atoms with Crippen molar-refractivity contribution in [2.75, 3.05) is 5.75 Å². The highest BCUT2D eigenvalue weighted by atomic mass is 32.2. The first-order chi connectivity index (χ1) is 12.4. The van der Waals surface area contributed by atoms with Gasteiger partial charge in [-0.05, 0) is 47.2 Å². The van der Waals surface area contributed by atoms with Gasteiger partial charge in [0.15, 0.2) is 9.84 Å². The van der Waals surface area contributed by atoms with E-state index in [1.54, 1.807) is 24.3 Å². The minimum Gasteiger partial charge on any atom is -0.223 e. The number of hydrogen-bond donors (Lipinski definition) is 0. The summed E-state index contributed by atoms with van der Waals surface area (Å²) in [5, 5.41) is 0. The zero-order chi connectivity index (χ0) is 20.4. The van der Waals surface area contributed by atoms with Gasteiger partial charge >= 0.3 is 0 Å². The van der Waals surface area contributed by atoms with E-state index in [0.717, 1.165) is 11.1 Å². The second-order valence-corrected chi connectivity index (χ2v) is 11.3. The van der Waals surface area contributed by atoms with E-state index in [9.17, 15) is 16.8 Å². The van der Waals surface area contributed by atoms with Crippen molar-refractivity contribution < 1.29 is 16.8 Å². The van der Waals surface area contributed by atoms with Crippen molar-refractivity contribution in [2.24, 2.45) is 0 Å². The Morgan fingerprint density at radius 1 is 0.741 bits per heavy atom. The number of benzene rings is 2. The first kappa shape index (κ1) is 21.4. The molecule has 0 radical (unpaired) electrons. The molecule has 0 bridgehead atoms. The van der Waals surface area contributed by atoms with Crippen molar-refractivity contribution in [2.45, 2.75) is 49.3 Å². The maximum atomic E-state index is 12.7. The van der Waals surface area contributed by atoms with Crippen molar-refractivity contribution in [3.63, 3.8) is 0 Å². The van der Waals surface area contributed by atoms with Gasteiger partial charge in [-0.15, -0.1) is 0 Å². The Bertz CT molecular complexity index is 1010. The molecule has 0 spiro atoms. The molecule has 0 atom stereocenters. The molecule has 0 N–H and O–H groups in total. The molecule has 0 aliphatic carbocycles. The van der Waals surface area contributed by atoms with Crippen LogP contribution in [0.5, 0.6) is 0 Å². The second kappa shape index (κ2) is 7.98. The van der Waals surface area contributed by atoms with Crippen molar-refractivity contribution >= 4 is 19.7 Å². The lowest BCUT2D eigenvalue weighted by Gasteiger charge is -2.11. The summed E-state index contributed by atoms with van der Waals surface area (Å²) in [4.78, 5) is -0.173. The minimum absolute atomic E-state index is 0.0576. The standard InChI is InChI=1S/C21H26O4S2/c1-15(2)18-6-10-20(11-7-18)26(22,23)14-17(5)27(24,25)21-12-8-19(9-13-21)16(3)4/h6-13,15-16H,5,14H2,1-4H3. The molecule has 0 aliphatic rings. The maximum Gasteiger partial charge on any atom is 0.203 e. The fourth-order valence-electron chi connectivity index (χ4n) is 2.63. The zero-order valence-corrected chi connectivity index (χ0v) is 17.8. The predicted molar refractivity (Wildman–Crippen MR) is 109 cm³/mol. The summed E-state index contributed by atoms with van der Waals surface area (Å²) in [6, 6.07) is 13.0. The summed E-state index contributed by atoms with van der Waals surface area (Å²) in [7, 11) is -7.71. The molecule has 0 aromatic heterocycles. The molecule has 4 nitrogen and oxygen atoms in total. The lowest BCUT2D eigenvalue weighted by molar-refractivity contribution is 0.592. The largest absolute Gasteiger partial charge is 0.223 e. The predicted octanol–water partition coefficient (Wildman–Crippen LogP) is 4.69. The van der Waals surface area contributed by atoms with Gasteiger partial charge in [-0.2, -0.15) is 0 Å². The van der Waals surface area contributed by atoms with Gasteiger partial charge < -0.3 is 0 Å². The number of rotatable bonds is 7. The summed E-state index contributed by atoms with van der Waals surface area (Å²) >= 11 is 0. The van der Waals surface area contributed by atoms with E-state index in [1.807, 2.05) is 27.7 Å². The molecule has 146 valence electrons. The molecule has 0 saturated carbocycles. The van der Waals surface area contributed by atoms with E-state index in [2.05, 4.69) is 6.58 Å². The molecule has 0 saturated heterocycles. The van der Waals surface area contributed by atoms with Crippen LogP contribution in [0.15, 0.2) is 69.8 Å². The number of hydrogen-bond acceptors (Lipinski definition) is 4. The van der Waals surface area contributed by atoms with Crippen LogP contribution in [-0.2, 0) is 19.7 Å². The molecule has 2 aromatic carbocycles. The minimum atomic E-state index is -3.92. The summed E-state index contributed by atoms with van der Waals surface area (Å²) in [6.07, 6.45) is 0. The first-order valence-electron chi connectivity index (χ1n) is 8.80. The van der Waals surface area contributed by atoms with E-state index in [-0.39, 0.29) is 26.5 Å². The molecule has 6 heteroatoms. The van der Waals surface area contributed by atoms with E-state index in [1.165, 1.54) is 24.3 Å². The Kier molecular flexibility index (Phi) is 6.32. The Balaban J connectivity index is 2.25. The van der Waals surface area contributed by atoms with Crippen molar-refractivity contribution in [1.29, 1.82) is 0 Å². The van der Waals surface area contributed by atoms with Gasteiger partial charge in [-0.25, -0.2) is 16.8 Å². The molecule has 0 heterocycles. The Labute approximate surface area is 162 Å². The molecule has 0 aliphatic heterocycles. The Hall–Kier alpha value is -1.92. The van der Waals surface area contributed by atoms with E-state index >= 15 is 0 Å². The fourth-order valence-corrected chi connectivity index (χ4v) is 5.69. The lowest BCUT2D eigenvalue weighted by Crippen LogP contribution is -2.15. The molecular weight excluding hydrogens is 380 g/mol. The quantitative estimate of drug-likeness (QED) is 0.669. The summed E-state index contributed by atoms with van der Waals surface area (Å²) < 4.78 is 50.6. The van der Waals surface area contributed by atoms with Crippen molar-refractivity contribution in [3.05, 3.63) is 71.1 Å². The van der Waals surface area contributed by atoms with Gasteiger partial charge in [0.1, 0.15) is 0 Å². The van der Waals surface area contributed by atoms with E-state index in [4.69, 9.17) is 0 Å². The van der Waals surface area contributed by atoms with Gasteiger partial charge in [0.2, 0.25) is 9.84 Å².